The second kappa shape index (κ2) is 7.85. The van der Waals surface area contributed by atoms with E-state index >= 15 is 0 Å². The fourth-order valence-corrected chi connectivity index (χ4v) is 2.03. The van der Waals surface area contributed by atoms with Gasteiger partial charge in [-0.25, -0.2) is 0 Å². The average Bonchev–Trinajstić information content (AvgIpc) is 2.40. The average molecular weight is 333 g/mol. The third kappa shape index (κ3) is 5.61. The Morgan fingerprint density at radius 3 is 2.48 bits per heavy atom. The molecule has 4 N–H and O–H groups in total. The number of benzene rings is 1. The fourth-order valence-electron chi connectivity index (χ4n) is 1.64. The molecule has 0 aliphatic heterocycles. The number of aliphatic carboxylic acids is 1. The summed E-state index contributed by atoms with van der Waals surface area (Å²) in [5.74, 6) is -2.41. The van der Waals surface area contributed by atoms with Crippen LogP contribution in [0.5, 0.6) is 0 Å². The third-order valence-electron chi connectivity index (χ3n) is 2.70. The van der Waals surface area contributed by atoms with Gasteiger partial charge in [0, 0.05) is 12.8 Å². The Labute approximate surface area is 131 Å². The van der Waals surface area contributed by atoms with Crippen molar-refractivity contribution in [2.45, 2.75) is 25.3 Å². The molecule has 1 aromatic rings. The van der Waals surface area contributed by atoms with Gasteiger partial charge >= 0.3 is 5.97 Å². The van der Waals surface area contributed by atoms with Crippen LogP contribution in [0.3, 0.4) is 0 Å². The van der Waals surface area contributed by atoms with Crippen molar-refractivity contribution in [3.8, 4) is 0 Å². The van der Waals surface area contributed by atoms with E-state index in [1.807, 2.05) is 0 Å². The number of nitrogens with one attached hydrogen (secondary N) is 1. The van der Waals surface area contributed by atoms with Gasteiger partial charge in [0.2, 0.25) is 11.8 Å². The molecule has 0 saturated heterocycles. The lowest BCUT2D eigenvalue weighted by molar-refractivity contribution is -0.139. The van der Waals surface area contributed by atoms with Crippen LogP contribution in [-0.4, -0.2) is 28.9 Å². The Morgan fingerprint density at radius 2 is 1.90 bits per heavy atom. The molecule has 0 bridgehead atoms. The molecule has 6 nitrogen and oxygen atoms in total. The van der Waals surface area contributed by atoms with Gasteiger partial charge in [0.15, 0.2) is 0 Å². The zero-order chi connectivity index (χ0) is 16.0. The number of carboxylic acids is 1. The Kier molecular flexibility index (Phi) is 6.45. The Balaban J connectivity index is 2.74. The Morgan fingerprint density at radius 1 is 1.24 bits per heavy atom. The highest BCUT2D eigenvalue weighted by molar-refractivity contribution is 6.42. The van der Waals surface area contributed by atoms with Crippen molar-refractivity contribution in [1.29, 1.82) is 0 Å². The van der Waals surface area contributed by atoms with Crippen LogP contribution in [0.1, 0.15) is 18.4 Å². The van der Waals surface area contributed by atoms with Gasteiger partial charge in [-0.3, -0.25) is 14.4 Å². The number of primary amides is 1. The summed E-state index contributed by atoms with van der Waals surface area (Å²) in [7, 11) is 0. The molecule has 0 fully saturated rings. The summed E-state index contributed by atoms with van der Waals surface area (Å²) >= 11 is 11.9. The minimum atomic E-state index is -1.10. The van der Waals surface area contributed by atoms with E-state index < -0.39 is 23.8 Å². The highest BCUT2D eigenvalue weighted by Gasteiger charge is 2.20. The van der Waals surface area contributed by atoms with Crippen LogP contribution in [0.4, 0.5) is 0 Å². The summed E-state index contributed by atoms with van der Waals surface area (Å²) in [6, 6.07) is 3.93. The predicted molar refractivity (Wildman–Crippen MR) is 78.2 cm³/mol. The second-order valence-electron chi connectivity index (χ2n) is 4.33. The van der Waals surface area contributed by atoms with Gasteiger partial charge in [0.1, 0.15) is 6.04 Å². The van der Waals surface area contributed by atoms with Crippen molar-refractivity contribution in [2.24, 2.45) is 5.73 Å². The molecule has 0 aliphatic carbocycles. The van der Waals surface area contributed by atoms with E-state index in [-0.39, 0.29) is 24.3 Å². The first-order chi connectivity index (χ1) is 9.81. The maximum atomic E-state index is 11.6. The molecule has 114 valence electrons. The lowest BCUT2D eigenvalue weighted by Crippen LogP contribution is -2.45. The minimum Gasteiger partial charge on any atom is -0.481 e. The lowest BCUT2D eigenvalue weighted by atomic mass is 10.0. The Bertz CT molecular complexity index is 563. The lowest BCUT2D eigenvalue weighted by Gasteiger charge is -2.16. The van der Waals surface area contributed by atoms with Gasteiger partial charge in [-0.05, 0) is 11.6 Å². The molecule has 1 rings (SSSR count). The van der Waals surface area contributed by atoms with Crippen molar-refractivity contribution >= 4 is 41.0 Å². The van der Waals surface area contributed by atoms with Gasteiger partial charge in [-0.2, -0.15) is 0 Å². The molecule has 2 amide bonds. The number of carboxylic acid groups (broad SMARTS) is 1. The van der Waals surface area contributed by atoms with Crippen molar-refractivity contribution < 1.29 is 19.5 Å². The molecule has 0 heterocycles. The molecule has 8 heteroatoms. The van der Waals surface area contributed by atoms with Crippen LogP contribution in [0, 0.1) is 0 Å². The molecular weight excluding hydrogens is 319 g/mol. The van der Waals surface area contributed by atoms with Crippen molar-refractivity contribution in [3.63, 3.8) is 0 Å². The number of amides is 2. The van der Waals surface area contributed by atoms with Crippen molar-refractivity contribution in [2.75, 3.05) is 0 Å². The topological polar surface area (TPSA) is 109 Å². The van der Waals surface area contributed by atoms with Crippen LogP contribution in [-0.2, 0) is 20.8 Å². The van der Waals surface area contributed by atoms with E-state index in [0.717, 1.165) is 0 Å². The molecule has 1 atom stereocenters. The van der Waals surface area contributed by atoms with Crippen LogP contribution in [0.15, 0.2) is 18.2 Å². The number of hydrogen-bond donors (Lipinski definition) is 3. The van der Waals surface area contributed by atoms with E-state index in [2.05, 4.69) is 5.32 Å². The summed E-state index contributed by atoms with van der Waals surface area (Å²) in [5, 5.41) is 11.5. The normalized spacial score (nSPS) is 11.7. The Hall–Kier alpha value is -1.79. The van der Waals surface area contributed by atoms with E-state index in [1.165, 1.54) is 0 Å². The van der Waals surface area contributed by atoms with Gasteiger partial charge in [-0.1, -0.05) is 35.3 Å². The van der Waals surface area contributed by atoms with Crippen LogP contribution in [0.25, 0.3) is 0 Å². The smallest absolute Gasteiger partial charge is 0.303 e. The molecule has 21 heavy (non-hydrogen) atoms. The summed E-state index contributed by atoms with van der Waals surface area (Å²) in [5.41, 5.74) is 5.79. The monoisotopic (exact) mass is 332 g/mol. The number of nitrogens with two attached hydrogens (primary N) is 1. The van der Waals surface area contributed by atoms with Crippen LogP contribution >= 0.6 is 23.2 Å². The first kappa shape index (κ1) is 17.3. The summed E-state index contributed by atoms with van der Waals surface area (Å²) in [4.78, 5) is 33.3. The zero-order valence-corrected chi connectivity index (χ0v) is 12.4. The number of carbonyl (C=O) groups excluding carboxylic acids is 2. The van der Waals surface area contributed by atoms with E-state index in [0.29, 0.717) is 10.6 Å². The quantitative estimate of drug-likeness (QED) is 0.700. The second-order valence-corrected chi connectivity index (χ2v) is 5.12. The SMILES string of the molecule is NC(=O)[C@H](Cc1cccc(Cl)c1Cl)NC(=O)CCC(=O)O. The van der Waals surface area contributed by atoms with Gasteiger partial charge in [0.05, 0.1) is 16.5 Å². The number of halogens is 2. The van der Waals surface area contributed by atoms with Gasteiger partial charge < -0.3 is 16.2 Å². The molecule has 0 radical (unpaired) electrons. The third-order valence-corrected chi connectivity index (χ3v) is 3.56. The molecule has 0 spiro atoms. The molecule has 0 unspecified atom stereocenters. The van der Waals surface area contributed by atoms with Crippen molar-refractivity contribution in [3.05, 3.63) is 33.8 Å². The number of rotatable bonds is 7. The van der Waals surface area contributed by atoms with Crippen molar-refractivity contribution in [1.82, 2.24) is 5.32 Å². The molecule has 0 aliphatic rings. The highest BCUT2D eigenvalue weighted by Crippen LogP contribution is 2.26. The van der Waals surface area contributed by atoms with Gasteiger partial charge in [-0.15, -0.1) is 0 Å². The fraction of sp³-hybridized carbons (Fsp3) is 0.308. The largest absolute Gasteiger partial charge is 0.481 e. The molecule has 1 aromatic carbocycles. The zero-order valence-electron chi connectivity index (χ0n) is 10.9. The first-order valence-corrected chi connectivity index (χ1v) is 6.80. The summed E-state index contributed by atoms with van der Waals surface area (Å²) in [6.07, 6.45) is -0.481. The maximum Gasteiger partial charge on any atom is 0.303 e. The number of hydrogen-bond acceptors (Lipinski definition) is 3. The predicted octanol–water partition coefficient (Wildman–Crippen LogP) is 1.37. The van der Waals surface area contributed by atoms with E-state index in [1.54, 1.807) is 18.2 Å². The molecule has 0 aromatic heterocycles. The maximum absolute atomic E-state index is 11.6. The first-order valence-electron chi connectivity index (χ1n) is 6.04. The van der Waals surface area contributed by atoms with E-state index in [9.17, 15) is 14.4 Å². The molecular formula is C13H14Cl2N2O4. The van der Waals surface area contributed by atoms with E-state index in [4.69, 9.17) is 34.0 Å². The molecule has 0 saturated carbocycles. The minimum absolute atomic E-state index is 0.0769. The summed E-state index contributed by atoms with van der Waals surface area (Å²) in [6.45, 7) is 0. The van der Waals surface area contributed by atoms with Crippen LogP contribution < -0.4 is 11.1 Å². The standard InChI is InChI=1S/C13H14Cl2N2O4/c14-8-3-1-2-7(12(8)15)6-9(13(16)21)17-10(18)4-5-11(19)20/h1-3,9H,4-6H2,(H2,16,21)(H,17,18)(H,19,20)/t9-/m0/s1. The number of carbonyl (C=O) groups is 3. The van der Waals surface area contributed by atoms with Crippen LogP contribution in [0.2, 0.25) is 10.0 Å². The highest BCUT2D eigenvalue weighted by atomic mass is 35.5. The van der Waals surface area contributed by atoms with Gasteiger partial charge in [0.25, 0.3) is 0 Å². The summed E-state index contributed by atoms with van der Waals surface area (Å²) < 4.78 is 0.